The van der Waals surface area contributed by atoms with Gasteiger partial charge in [0.15, 0.2) is 0 Å². The number of aryl methyl sites for hydroxylation is 1. The van der Waals surface area contributed by atoms with Gasteiger partial charge in [-0.2, -0.15) is 0 Å². The molecule has 1 aromatic carbocycles. The topological polar surface area (TPSA) is 38.9 Å². The highest BCUT2D eigenvalue weighted by Gasteiger charge is 2.10. The maximum atomic E-state index is 5.92. The van der Waals surface area contributed by atoms with E-state index < -0.39 is 0 Å². The van der Waals surface area contributed by atoms with E-state index >= 15 is 0 Å². The van der Waals surface area contributed by atoms with Gasteiger partial charge in [-0.05, 0) is 30.0 Å². The quantitative estimate of drug-likeness (QED) is 0.854. The number of hydrogen-bond acceptors (Lipinski definition) is 3. The van der Waals surface area contributed by atoms with Gasteiger partial charge >= 0.3 is 0 Å². The minimum Gasteiger partial charge on any atom is -0.389 e. The van der Waals surface area contributed by atoms with Gasteiger partial charge in [-0.1, -0.05) is 26.0 Å². The second-order valence-corrected chi connectivity index (χ2v) is 5.18. The van der Waals surface area contributed by atoms with Crippen LogP contribution in [0.5, 0.6) is 0 Å². The molecular weight excluding hydrogens is 216 g/mol. The lowest BCUT2D eigenvalue weighted by molar-refractivity contribution is 0.866. The maximum Gasteiger partial charge on any atom is 0.114 e. The zero-order valence-corrected chi connectivity index (χ0v) is 10.6. The Labute approximate surface area is 100 Å². The molecule has 0 saturated heterocycles. The number of nitrogens with two attached hydrogens (primary N) is 1. The molecule has 1 aromatic heterocycles. The Morgan fingerprint density at radius 2 is 2.06 bits per heavy atom. The fourth-order valence-electron chi connectivity index (χ4n) is 1.71. The van der Waals surface area contributed by atoms with Crippen molar-refractivity contribution in [3.63, 3.8) is 0 Å². The van der Waals surface area contributed by atoms with Crippen LogP contribution in [0.2, 0.25) is 0 Å². The van der Waals surface area contributed by atoms with Gasteiger partial charge in [0, 0.05) is 5.56 Å². The summed E-state index contributed by atoms with van der Waals surface area (Å²) >= 11 is 1.49. The molecule has 0 fully saturated rings. The van der Waals surface area contributed by atoms with Crippen LogP contribution in [0.15, 0.2) is 23.7 Å². The van der Waals surface area contributed by atoms with Crippen LogP contribution in [0.1, 0.15) is 30.9 Å². The van der Waals surface area contributed by atoms with Crippen molar-refractivity contribution in [3.05, 3.63) is 34.8 Å². The molecule has 0 aliphatic carbocycles. The summed E-state index contributed by atoms with van der Waals surface area (Å²) in [5.41, 5.74) is 12.4. The summed E-state index contributed by atoms with van der Waals surface area (Å²) in [7, 11) is 0. The Balaban J connectivity index is 2.56. The van der Waals surface area contributed by atoms with Crippen LogP contribution in [0.3, 0.4) is 0 Å². The van der Waals surface area contributed by atoms with Crippen LogP contribution in [0, 0.1) is 6.92 Å². The third-order valence-corrected chi connectivity index (χ3v) is 3.44. The van der Waals surface area contributed by atoms with Gasteiger partial charge in [-0.15, -0.1) is 11.3 Å². The van der Waals surface area contributed by atoms with Crippen molar-refractivity contribution in [2.45, 2.75) is 26.7 Å². The summed E-state index contributed by atoms with van der Waals surface area (Å²) in [5.74, 6) is 0.527. The summed E-state index contributed by atoms with van der Waals surface area (Å²) in [6.07, 6.45) is 0. The van der Waals surface area contributed by atoms with Gasteiger partial charge < -0.3 is 5.73 Å². The van der Waals surface area contributed by atoms with Gasteiger partial charge in [0.25, 0.3) is 0 Å². The van der Waals surface area contributed by atoms with Crippen molar-refractivity contribution >= 4 is 16.3 Å². The number of nitrogen functional groups attached to an aromatic ring is 1. The monoisotopic (exact) mass is 232 g/mol. The number of nitrogens with zero attached hydrogens (tertiary/aromatic N) is 1. The molecule has 0 atom stereocenters. The molecule has 0 amide bonds. The lowest BCUT2D eigenvalue weighted by Crippen LogP contribution is -1.93. The molecule has 2 rings (SSSR count). The van der Waals surface area contributed by atoms with Gasteiger partial charge in [0.05, 0.1) is 5.51 Å². The van der Waals surface area contributed by atoms with Crippen LogP contribution in [-0.4, -0.2) is 4.98 Å². The number of rotatable bonds is 2. The Bertz CT molecular complexity index is 500. The van der Waals surface area contributed by atoms with E-state index in [2.05, 4.69) is 44.0 Å². The van der Waals surface area contributed by atoms with E-state index in [1.807, 2.05) is 0 Å². The Kier molecular flexibility index (Phi) is 2.97. The van der Waals surface area contributed by atoms with Crippen molar-refractivity contribution in [2.24, 2.45) is 0 Å². The average Bonchev–Trinajstić information content (AvgIpc) is 2.65. The SMILES string of the molecule is Cc1ccc(C(C)C)cc1-c1ncsc1N. The molecule has 16 heavy (non-hydrogen) atoms. The van der Waals surface area contributed by atoms with E-state index in [1.54, 1.807) is 5.51 Å². The molecule has 2 nitrogen and oxygen atoms in total. The fraction of sp³-hybridized carbons (Fsp3) is 0.308. The smallest absolute Gasteiger partial charge is 0.114 e. The second kappa shape index (κ2) is 4.26. The first kappa shape index (κ1) is 11.1. The Morgan fingerprint density at radius 1 is 1.31 bits per heavy atom. The second-order valence-electron chi connectivity index (χ2n) is 4.29. The van der Waals surface area contributed by atoms with Crippen molar-refractivity contribution in [1.82, 2.24) is 4.98 Å². The van der Waals surface area contributed by atoms with Crippen molar-refractivity contribution in [2.75, 3.05) is 5.73 Å². The van der Waals surface area contributed by atoms with E-state index in [9.17, 15) is 0 Å². The van der Waals surface area contributed by atoms with Crippen molar-refractivity contribution in [3.8, 4) is 11.3 Å². The molecule has 0 radical (unpaired) electrons. The maximum absolute atomic E-state index is 5.92. The number of thiazole rings is 1. The summed E-state index contributed by atoms with van der Waals surface area (Å²) < 4.78 is 0. The first-order chi connectivity index (χ1) is 7.59. The van der Waals surface area contributed by atoms with E-state index in [4.69, 9.17) is 5.73 Å². The van der Waals surface area contributed by atoms with Gasteiger partial charge in [0.2, 0.25) is 0 Å². The Hall–Kier alpha value is -1.35. The number of benzene rings is 1. The van der Waals surface area contributed by atoms with E-state index in [0.29, 0.717) is 5.92 Å². The molecule has 84 valence electrons. The van der Waals surface area contributed by atoms with Crippen LogP contribution in [-0.2, 0) is 0 Å². The summed E-state index contributed by atoms with van der Waals surface area (Å²) in [5, 5.41) is 0.795. The number of hydrogen-bond donors (Lipinski definition) is 1. The molecule has 0 unspecified atom stereocenters. The van der Waals surface area contributed by atoms with E-state index in [0.717, 1.165) is 16.3 Å². The first-order valence-electron chi connectivity index (χ1n) is 5.39. The lowest BCUT2D eigenvalue weighted by atomic mass is 9.96. The average molecular weight is 232 g/mol. The van der Waals surface area contributed by atoms with Crippen LogP contribution in [0.4, 0.5) is 5.00 Å². The number of anilines is 1. The Morgan fingerprint density at radius 3 is 2.62 bits per heavy atom. The first-order valence-corrected chi connectivity index (χ1v) is 6.27. The third kappa shape index (κ3) is 1.95. The number of aromatic nitrogens is 1. The molecule has 0 bridgehead atoms. The largest absolute Gasteiger partial charge is 0.389 e. The minimum atomic E-state index is 0.527. The fourth-order valence-corrected chi connectivity index (χ4v) is 2.26. The molecule has 0 aliphatic heterocycles. The zero-order chi connectivity index (χ0) is 11.7. The lowest BCUT2D eigenvalue weighted by Gasteiger charge is -2.10. The molecule has 3 heteroatoms. The predicted molar refractivity (Wildman–Crippen MR) is 70.8 cm³/mol. The minimum absolute atomic E-state index is 0.527. The van der Waals surface area contributed by atoms with Gasteiger partial charge in [-0.3, -0.25) is 0 Å². The molecule has 2 N–H and O–H groups in total. The summed E-state index contributed by atoms with van der Waals surface area (Å²) in [6.45, 7) is 6.48. The molecule has 0 saturated carbocycles. The predicted octanol–water partition coefficient (Wildman–Crippen LogP) is 3.82. The van der Waals surface area contributed by atoms with Crippen LogP contribution in [0.25, 0.3) is 11.3 Å². The highest BCUT2D eigenvalue weighted by molar-refractivity contribution is 7.14. The molecular formula is C13H16N2S. The highest BCUT2D eigenvalue weighted by atomic mass is 32.1. The van der Waals surface area contributed by atoms with Gasteiger partial charge in [0.1, 0.15) is 10.7 Å². The zero-order valence-electron chi connectivity index (χ0n) is 9.82. The summed E-state index contributed by atoms with van der Waals surface area (Å²) in [6, 6.07) is 6.51. The van der Waals surface area contributed by atoms with E-state index in [1.165, 1.54) is 22.5 Å². The molecule has 2 aromatic rings. The molecule has 1 heterocycles. The standard InChI is InChI=1S/C13H16N2S/c1-8(2)10-5-4-9(3)11(6-10)12-13(14)16-7-15-12/h4-8H,14H2,1-3H3. The molecule has 0 aliphatic rings. The van der Waals surface area contributed by atoms with Crippen LogP contribution >= 0.6 is 11.3 Å². The van der Waals surface area contributed by atoms with E-state index in [-0.39, 0.29) is 0 Å². The van der Waals surface area contributed by atoms with Crippen molar-refractivity contribution < 1.29 is 0 Å². The van der Waals surface area contributed by atoms with Crippen LogP contribution < -0.4 is 5.73 Å². The summed E-state index contributed by atoms with van der Waals surface area (Å²) in [4.78, 5) is 4.34. The normalized spacial score (nSPS) is 11.0. The van der Waals surface area contributed by atoms with Gasteiger partial charge in [-0.25, -0.2) is 4.98 Å². The molecule has 0 spiro atoms. The third-order valence-electron chi connectivity index (χ3n) is 2.78. The highest BCUT2D eigenvalue weighted by Crippen LogP contribution is 2.32. The van der Waals surface area contributed by atoms with Crippen molar-refractivity contribution in [1.29, 1.82) is 0 Å².